The molecule has 0 radical (unpaired) electrons. The summed E-state index contributed by atoms with van der Waals surface area (Å²) >= 11 is 1.38. The lowest BCUT2D eigenvalue weighted by molar-refractivity contribution is 0.0729. The topological polar surface area (TPSA) is 75.2 Å². The van der Waals surface area contributed by atoms with Crippen LogP contribution in [0.5, 0.6) is 0 Å². The van der Waals surface area contributed by atoms with Crippen LogP contribution in [0.4, 0.5) is 5.69 Å². The van der Waals surface area contributed by atoms with E-state index in [-0.39, 0.29) is 11.8 Å². The highest BCUT2D eigenvalue weighted by Crippen LogP contribution is 2.17. The fraction of sp³-hybridized carbons (Fsp3) is 0.0833. The van der Waals surface area contributed by atoms with Crippen molar-refractivity contribution in [3.8, 4) is 0 Å². The molecule has 1 N–H and O–H groups in total. The van der Waals surface area contributed by atoms with Gasteiger partial charge in [-0.05, 0) is 65.0 Å². The van der Waals surface area contributed by atoms with E-state index in [4.69, 9.17) is 0 Å². The molecule has 3 heterocycles. The quantitative estimate of drug-likeness (QED) is 0.466. The molecule has 6 nitrogen and oxygen atoms in total. The summed E-state index contributed by atoms with van der Waals surface area (Å²) in [4.78, 5) is 36.1. The standard InChI is InChI=1S/C24H20N4O2S/c29-23(22-4-2-14-31-22)27-21-7-5-20(6-8-21)24(30)28(16-18-9-12-25-13-10-18)17-19-3-1-11-26-15-19/h1-15H,16-17H2,(H,27,29). The van der Waals surface area contributed by atoms with Gasteiger partial charge in [0.2, 0.25) is 0 Å². The van der Waals surface area contributed by atoms with Crippen molar-refractivity contribution in [2.45, 2.75) is 13.1 Å². The maximum atomic E-state index is 13.3. The summed E-state index contributed by atoms with van der Waals surface area (Å²) in [6, 6.07) is 18.2. The second-order valence-electron chi connectivity index (χ2n) is 6.89. The Hall–Kier alpha value is -3.84. The van der Waals surface area contributed by atoms with Gasteiger partial charge in [-0.2, -0.15) is 0 Å². The van der Waals surface area contributed by atoms with E-state index in [9.17, 15) is 9.59 Å². The summed E-state index contributed by atoms with van der Waals surface area (Å²) in [7, 11) is 0. The normalized spacial score (nSPS) is 10.5. The fourth-order valence-electron chi connectivity index (χ4n) is 3.10. The highest BCUT2D eigenvalue weighted by atomic mass is 32.1. The molecule has 0 saturated heterocycles. The van der Waals surface area contributed by atoms with Crippen LogP contribution in [0.25, 0.3) is 0 Å². The summed E-state index contributed by atoms with van der Waals surface area (Å²) in [5, 5.41) is 4.71. The minimum Gasteiger partial charge on any atom is -0.330 e. The van der Waals surface area contributed by atoms with E-state index in [0.29, 0.717) is 29.2 Å². The molecule has 0 bridgehead atoms. The van der Waals surface area contributed by atoms with Gasteiger partial charge in [0.15, 0.2) is 0 Å². The first-order chi connectivity index (χ1) is 15.2. The average molecular weight is 429 g/mol. The van der Waals surface area contributed by atoms with Gasteiger partial charge in [-0.3, -0.25) is 19.6 Å². The number of hydrogen-bond acceptors (Lipinski definition) is 5. The summed E-state index contributed by atoms with van der Waals surface area (Å²) < 4.78 is 0. The second kappa shape index (κ2) is 9.77. The van der Waals surface area contributed by atoms with Crippen LogP contribution in [0.1, 0.15) is 31.2 Å². The van der Waals surface area contributed by atoms with Gasteiger partial charge in [0, 0.05) is 49.1 Å². The lowest BCUT2D eigenvalue weighted by Gasteiger charge is -2.23. The molecule has 1 aromatic carbocycles. The minimum absolute atomic E-state index is 0.100. The highest BCUT2D eigenvalue weighted by Gasteiger charge is 2.17. The van der Waals surface area contributed by atoms with Crippen LogP contribution in [-0.2, 0) is 13.1 Å². The first-order valence-electron chi connectivity index (χ1n) is 9.71. The van der Waals surface area contributed by atoms with Gasteiger partial charge < -0.3 is 10.2 Å². The van der Waals surface area contributed by atoms with Gasteiger partial charge in [0.25, 0.3) is 11.8 Å². The van der Waals surface area contributed by atoms with Crippen molar-refractivity contribution in [3.63, 3.8) is 0 Å². The SMILES string of the molecule is O=C(Nc1ccc(C(=O)N(Cc2ccncc2)Cc2cccnc2)cc1)c1cccs1. The number of nitrogens with zero attached hydrogens (tertiary/aromatic N) is 3. The lowest BCUT2D eigenvalue weighted by atomic mass is 10.1. The zero-order chi connectivity index (χ0) is 21.5. The van der Waals surface area contributed by atoms with Gasteiger partial charge in [-0.15, -0.1) is 11.3 Å². The third-order valence-electron chi connectivity index (χ3n) is 4.64. The molecular formula is C24H20N4O2S. The molecule has 0 saturated carbocycles. The third kappa shape index (κ3) is 5.40. The van der Waals surface area contributed by atoms with Crippen LogP contribution < -0.4 is 5.32 Å². The molecule has 0 fully saturated rings. The number of thiophene rings is 1. The molecule has 0 atom stereocenters. The zero-order valence-electron chi connectivity index (χ0n) is 16.6. The van der Waals surface area contributed by atoms with Crippen molar-refractivity contribution in [1.82, 2.24) is 14.9 Å². The van der Waals surface area contributed by atoms with Crippen molar-refractivity contribution in [2.75, 3.05) is 5.32 Å². The third-order valence-corrected chi connectivity index (χ3v) is 5.51. The molecule has 0 aliphatic heterocycles. The minimum atomic E-state index is -0.162. The Morgan fingerprint density at radius 2 is 1.61 bits per heavy atom. The van der Waals surface area contributed by atoms with Gasteiger partial charge in [-0.25, -0.2) is 0 Å². The Kier molecular flexibility index (Phi) is 6.44. The van der Waals surface area contributed by atoms with Crippen LogP contribution in [0.2, 0.25) is 0 Å². The summed E-state index contributed by atoms with van der Waals surface area (Å²) in [6.45, 7) is 0.888. The number of rotatable bonds is 7. The molecule has 4 rings (SSSR count). The average Bonchev–Trinajstić information content (AvgIpc) is 3.35. The molecule has 0 aliphatic carbocycles. The van der Waals surface area contributed by atoms with Crippen molar-refractivity contribution in [2.24, 2.45) is 0 Å². The van der Waals surface area contributed by atoms with Crippen molar-refractivity contribution >= 4 is 28.8 Å². The van der Waals surface area contributed by atoms with Gasteiger partial charge in [0.05, 0.1) is 4.88 Å². The maximum Gasteiger partial charge on any atom is 0.265 e. The van der Waals surface area contributed by atoms with Crippen LogP contribution in [0.15, 0.2) is 90.8 Å². The predicted octanol–water partition coefficient (Wildman–Crippen LogP) is 4.63. The Morgan fingerprint density at radius 1 is 0.839 bits per heavy atom. The molecule has 154 valence electrons. The fourth-order valence-corrected chi connectivity index (χ4v) is 3.72. The van der Waals surface area contributed by atoms with Crippen LogP contribution in [0.3, 0.4) is 0 Å². The molecule has 4 aromatic rings. The summed E-state index contributed by atoms with van der Waals surface area (Å²) in [6.07, 6.45) is 6.90. The number of carbonyl (C=O) groups is 2. The van der Waals surface area contributed by atoms with Crippen molar-refractivity contribution in [3.05, 3.63) is 112 Å². The van der Waals surface area contributed by atoms with E-state index < -0.39 is 0 Å². The number of aromatic nitrogens is 2. The van der Waals surface area contributed by atoms with Crippen molar-refractivity contribution in [1.29, 1.82) is 0 Å². The largest absolute Gasteiger partial charge is 0.330 e. The molecule has 0 spiro atoms. The number of amides is 2. The van der Waals surface area contributed by atoms with E-state index in [1.807, 2.05) is 35.7 Å². The molecule has 31 heavy (non-hydrogen) atoms. The number of pyridine rings is 2. The van der Waals surface area contributed by atoms with Gasteiger partial charge in [0.1, 0.15) is 0 Å². The van der Waals surface area contributed by atoms with E-state index in [1.54, 1.807) is 60.0 Å². The number of carbonyl (C=O) groups excluding carboxylic acids is 2. The molecule has 0 unspecified atom stereocenters. The van der Waals surface area contributed by atoms with E-state index >= 15 is 0 Å². The number of anilines is 1. The van der Waals surface area contributed by atoms with E-state index in [1.165, 1.54) is 11.3 Å². The van der Waals surface area contributed by atoms with Crippen LogP contribution in [0, 0.1) is 0 Å². The number of benzene rings is 1. The summed E-state index contributed by atoms with van der Waals surface area (Å²) in [5.74, 6) is -0.262. The van der Waals surface area contributed by atoms with Gasteiger partial charge >= 0.3 is 0 Å². The highest BCUT2D eigenvalue weighted by molar-refractivity contribution is 7.12. The number of nitrogens with one attached hydrogen (secondary N) is 1. The lowest BCUT2D eigenvalue weighted by Crippen LogP contribution is -2.30. The number of hydrogen-bond donors (Lipinski definition) is 1. The maximum absolute atomic E-state index is 13.3. The Bertz CT molecular complexity index is 1090. The molecule has 3 aromatic heterocycles. The van der Waals surface area contributed by atoms with E-state index in [0.717, 1.165) is 11.1 Å². The van der Waals surface area contributed by atoms with E-state index in [2.05, 4.69) is 15.3 Å². The Labute approximate surface area is 184 Å². The molecule has 0 aliphatic rings. The monoisotopic (exact) mass is 428 g/mol. The first-order valence-corrected chi connectivity index (χ1v) is 10.6. The smallest absolute Gasteiger partial charge is 0.265 e. The van der Waals surface area contributed by atoms with Crippen LogP contribution in [-0.4, -0.2) is 26.7 Å². The second-order valence-corrected chi connectivity index (χ2v) is 7.83. The van der Waals surface area contributed by atoms with Crippen molar-refractivity contribution < 1.29 is 9.59 Å². The Morgan fingerprint density at radius 3 is 2.29 bits per heavy atom. The molecule has 2 amide bonds. The first kappa shape index (κ1) is 20.4. The van der Waals surface area contributed by atoms with Crippen LogP contribution >= 0.6 is 11.3 Å². The predicted molar refractivity (Wildman–Crippen MR) is 121 cm³/mol. The Balaban J connectivity index is 1.50. The van der Waals surface area contributed by atoms with Gasteiger partial charge in [-0.1, -0.05) is 12.1 Å². The molecular weight excluding hydrogens is 408 g/mol. The summed E-state index contributed by atoms with van der Waals surface area (Å²) in [5.41, 5.74) is 3.13. The molecule has 7 heteroatoms. The zero-order valence-corrected chi connectivity index (χ0v) is 17.5.